The van der Waals surface area contributed by atoms with Crippen LogP contribution in [0.4, 0.5) is 5.82 Å². The summed E-state index contributed by atoms with van der Waals surface area (Å²) < 4.78 is 68.1. The van der Waals surface area contributed by atoms with Gasteiger partial charge in [0, 0.05) is 37.1 Å². The molecule has 10 N–H and O–H groups in total. The van der Waals surface area contributed by atoms with E-state index in [1.807, 2.05) is 0 Å². The molecule has 4 heterocycles. The summed E-state index contributed by atoms with van der Waals surface area (Å²) in [5.41, 5.74) is 4.27. The number of aliphatic hydroxyl groups excluding tert-OH is 2. The molecule has 2 aliphatic rings. The molecule has 70 heavy (non-hydrogen) atoms. The van der Waals surface area contributed by atoms with Crippen molar-refractivity contribution in [2.24, 2.45) is 5.41 Å². The van der Waals surface area contributed by atoms with Gasteiger partial charge in [-0.25, -0.2) is 28.6 Å². The number of fused-ring (bicyclic) bond motifs is 1. The van der Waals surface area contributed by atoms with E-state index in [4.69, 9.17) is 24.3 Å². The average Bonchev–Trinajstić information content (AvgIpc) is 3.77. The first-order valence-corrected chi connectivity index (χ1v) is 28.2. The number of nitrogen functional groups attached to an aromatic ring is 1. The van der Waals surface area contributed by atoms with E-state index in [-0.39, 0.29) is 41.6 Å². The third kappa shape index (κ3) is 20.7. The molecule has 29 heteroatoms. The van der Waals surface area contributed by atoms with E-state index in [1.54, 1.807) is 0 Å². The molecule has 2 saturated heterocycles. The predicted molar refractivity (Wildman–Crippen MR) is 255 cm³/mol. The largest absolute Gasteiger partial charge is 0.481 e. The molecular weight excluding hydrogens is 1000 g/mol. The summed E-state index contributed by atoms with van der Waals surface area (Å²) in [4.78, 5) is 88.4. The molecule has 4 unspecified atom stereocenters. The molecular formula is C41H66N7O18P3S. The number of nitrogens with zero attached hydrogens (tertiary/aromatic N) is 4. The Morgan fingerprint density at radius 2 is 1.60 bits per heavy atom. The zero-order valence-electron chi connectivity index (χ0n) is 39.2. The number of phosphoric acid groups is 3. The van der Waals surface area contributed by atoms with Gasteiger partial charge in [-0.1, -0.05) is 88.3 Å². The van der Waals surface area contributed by atoms with Gasteiger partial charge in [0.1, 0.15) is 36.3 Å². The van der Waals surface area contributed by atoms with E-state index in [0.29, 0.717) is 30.8 Å². The second-order valence-electron chi connectivity index (χ2n) is 17.0. The van der Waals surface area contributed by atoms with E-state index in [9.17, 15) is 57.9 Å². The number of carbonyl (C=O) groups excluding carboxylic acids is 3. The van der Waals surface area contributed by atoms with Gasteiger partial charge in [-0.05, 0) is 38.5 Å². The number of rotatable bonds is 33. The lowest BCUT2D eigenvalue weighted by Gasteiger charge is -2.30. The van der Waals surface area contributed by atoms with E-state index in [1.165, 1.54) is 39.5 Å². The van der Waals surface area contributed by atoms with Crippen LogP contribution in [-0.2, 0) is 55.4 Å². The van der Waals surface area contributed by atoms with Crippen molar-refractivity contribution in [3.8, 4) is 0 Å². The second-order valence-corrected chi connectivity index (χ2v) is 22.4. The normalized spacial score (nSPS) is 23.0. The molecule has 25 nitrogen and oxygen atoms in total. The van der Waals surface area contributed by atoms with Crippen LogP contribution < -0.4 is 16.4 Å². The zero-order chi connectivity index (χ0) is 51.5. The number of hydrogen-bond acceptors (Lipinski definition) is 19. The Hall–Kier alpha value is -3.26. The summed E-state index contributed by atoms with van der Waals surface area (Å²) in [6.45, 7) is 2.71. The number of epoxide rings is 1. The minimum absolute atomic E-state index is 0.00939. The molecule has 2 aromatic heterocycles. The Kier molecular flexibility index (Phi) is 23.9. The van der Waals surface area contributed by atoms with Crippen LogP contribution in [0.15, 0.2) is 49.1 Å². The van der Waals surface area contributed by atoms with Gasteiger partial charge < -0.3 is 55.6 Å². The first-order chi connectivity index (χ1) is 33.0. The number of carbonyl (C=O) groups is 3. The molecule has 0 bridgehead atoms. The number of hydrogen-bond donors (Lipinski definition) is 9. The second kappa shape index (κ2) is 28.3. The Balaban J connectivity index is 1.06. The summed E-state index contributed by atoms with van der Waals surface area (Å²) in [6.07, 6.45) is 16.1. The Bertz CT molecular complexity index is 2260. The maximum atomic E-state index is 12.7. The standard InChI is InChI=1S/C41H66N7O18P3S/c1-4-5-14-17-28-29(63-28)18-15-12-10-8-6-7-9-11-13-16-19-32(50)70-23-22-43-31(49)20-21-44-39(53)36(52)41(2,3)25-62-69(59,60)66-68(57,58)61-24-30-35(65-67(54,55)56)34(51)40(64-30)48-27-47-33-37(42)45-26-46-38(33)48/h6,8-9,11-12,15,26-30,34-36,40,51-52H,4-5,7,10,13-14,16-25H2,1-3H3,(H,43,49)(H,44,53)(H,57,58)(H,59,60)(H2,42,45,46)(H2,54,55,56)/b8-6-,11-9-,15-12-/t28?,29?,30-,34-,35-,36+,40-/m1/s1. The molecule has 0 aromatic carbocycles. The number of unbranched alkanes of at least 4 members (excludes halogenated alkanes) is 3. The van der Waals surface area contributed by atoms with Crippen molar-refractivity contribution < 1.29 is 85.2 Å². The maximum Gasteiger partial charge on any atom is 0.481 e. The summed E-state index contributed by atoms with van der Waals surface area (Å²) in [5.74, 6) is -1.09. The molecule has 9 atom stereocenters. The number of ether oxygens (including phenoxy) is 2. The van der Waals surface area contributed by atoms with Gasteiger partial charge in [-0.3, -0.25) is 32.5 Å². The van der Waals surface area contributed by atoms with Gasteiger partial charge in [0.15, 0.2) is 22.8 Å². The SMILES string of the molecule is CCCCCC1OC1C/C=C\C/C=C\C/C=C\CCCC(=O)SCCNC(=O)CCNC(=O)[C@H](O)C(C)(C)COP(=O)(O)OP(=O)(O)OC[C@H]1O[C@@H](n2cnc3c(N)ncnc32)[C@H](O)[C@@H]1OP(=O)(O)O. The van der Waals surface area contributed by atoms with Crippen LogP contribution in [0.25, 0.3) is 11.2 Å². The number of aromatic nitrogens is 4. The van der Waals surface area contributed by atoms with Gasteiger partial charge >= 0.3 is 23.5 Å². The highest BCUT2D eigenvalue weighted by molar-refractivity contribution is 8.13. The molecule has 2 aromatic rings. The molecule has 4 rings (SSSR count). The number of thioether (sulfide) groups is 1. The number of phosphoric ester groups is 3. The lowest BCUT2D eigenvalue weighted by molar-refractivity contribution is -0.137. The van der Waals surface area contributed by atoms with Crippen molar-refractivity contribution >= 4 is 69.1 Å². The summed E-state index contributed by atoms with van der Waals surface area (Å²) >= 11 is 1.11. The quantitative estimate of drug-likeness (QED) is 0.0211. The molecule has 394 valence electrons. The third-order valence-electron chi connectivity index (χ3n) is 10.7. The minimum Gasteiger partial charge on any atom is -0.386 e. The van der Waals surface area contributed by atoms with Crippen molar-refractivity contribution in [3.05, 3.63) is 49.1 Å². The third-order valence-corrected chi connectivity index (χ3v) is 14.7. The first-order valence-electron chi connectivity index (χ1n) is 22.7. The van der Waals surface area contributed by atoms with Crippen molar-refractivity contribution in [1.82, 2.24) is 30.2 Å². The fourth-order valence-corrected chi connectivity index (χ4v) is 10.4. The number of imidazole rings is 1. The molecule has 2 fully saturated rings. The van der Waals surface area contributed by atoms with Crippen LogP contribution in [0.3, 0.4) is 0 Å². The molecule has 0 radical (unpaired) electrons. The summed E-state index contributed by atoms with van der Waals surface area (Å²) in [6, 6.07) is 0. The maximum absolute atomic E-state index is 12.7. The summed E-state index contributed by atoms with van der Waals surface area (Å²) in [7, 11) is -16.4. The van der Waals surface area contributed by atoms with Gasteiger partial charge in [0.05, 0.1) is 31.7 Å². The number of anilines is 1. The lowest BCUT2D eigenvalue weighted by Crippen LogP contribution is -2.46. The molecule has 0 saturated carbocycles. The molecule has 2 aliphatic heterocycles. The van der Waals surface area contributed by atoms with Gasteiger partial charge in [-0.2, -0.15) is 4.31 Å². The van der Waals surface area contributed by atoms with Crippen LogP contribution >= 0.6 is 35.2 Å². The van der Waals surface area contributed by atoms with Crippen molar-refractivity contribution in [1.29, 1.82) is 0 Å². The van der Waals surface area contributed by atoms with E-state index in [0.717, 1.165) is 54.7 Å². The number of nitrogens with two attached hydrogens (primary N) is 1. The fraction of sp³-hybridized carbons (Fsp3) is 0.659. The average molecular weight is 1070 g/mol. The zero-order valence-corrected chi connectivity index (χ0v) is 42.7. The van der Waals surface area contributed by atoms with Gasteiger partial charge in [-0.15, -0.1) is 0 Å². The first kappa shape index (κ1) is 59.3. The number of nitrogens with one attached hydrogen (secondary N) is 2. The van der Waals surface area contributed by atoms with Gasteiger partial charge in [0.25, 0.3) is 0 Å². The number of amides is 2. The highest BCUT2D eigenvalue weighted by Crippen LogP contribution is 2.61. The molecule has 2 amide bonds. The van der Waals surface area contributed by atoms with Crippen molar-refractivity contribution in [2.75, 3.05) is 37.8 Å². The Morgan fingerprint density at radius 1 is 0.900 bits per heavy atom. The molecule has 0 spiro atoms. The van der Waals surface area contributed by atoms with Crippen molar-refractivity contribution in [2.45, 2.75) is 134 Å². The van der Waals surface area contributed by atoms with Crippen LogP contribution in [0, 0.1) is 5.41 Å². The fourth-order valence-electron chi connectivity index (χ4n) is 6.86. The molecule has 0 aliphatic carbocycles. The highest BCUT2D eigenvalue weighted by Gasteiger charge is 2.50. The smallest absolute Gasteiger partial charge is 0.386 e. The van der Waals surface area contributed by atoms with E-state index < -0.39 is 84.6 Å². The highest BCUT2D eigenvalue weighted by atomic mass is 32.2. The van der Waals surface area contributed by atoms with Crippen LogP contribution in [0.5, 0.6) is 0 Å². The Labute approximate surface area is 409 Å². The minimum atomic E-state index is -5.58. The monoisotopic (exact) mass is 1070 g/mol. The van der Waals surface area contributed by atoms with E-state index in [2.05, 4.69) is 77.8 Å². The van der Waals surface area contributed by atoms with E-state index >= 15 is 0 Å². The predicted octanol–water partition coefficient (Wildman–Crippen LogP) is 4.02. The number of allylic oxidation sites excluding steroid dienone is 5. The number of aliphatic hydroxyl groups is 2. The van der Waals surface area contributed by atoms with Gasteiger partial charge in [0.2, 0.25) is 11.8 Å². The van der Waals surface area contributed by atoms with Crippen LogP contribution in [0.2, 0.25) is 0 Å². The van der Waals surface area contributed by atoms with Crippen molar-refractivity contribution in [3.63, 3.8) is 0 Å². The van der Waals surface area contributed by atoms with Crippen LogP contribution in [-0.4, -0.2) is 135 Å². The lowest BCUT2D eigenvalue weighted by atomic mass is 9.87. The topological polar surface area (TPSA) is 376 Å². The Morgan fingerprint density at radius 3 is 2.31 bits per heavy atom. The van der Waals surface area contributed by atoms with Crippen LogP contribution in [0.1, 0.15) is 97.6 Å². The summed E-state index contributed by atoms with van der Waals surface area (Å²) in [5, 5.41) is 26.6.